The van der Waals surface area contributed by atoms with Gasteiger partial charge in [0.15, 0.2) is 0 Å². The number of hydrogen-bond donors (Lipinski definition) is 2. The smallest absolute Gasteiger partial charge is 0.257 e. The number of rotatable bonds is 3. The Bertz CT molecular complexity index is 361. The highest BCUT2D eigenvalue weighted by molar-refractivity contribution is 9.10. The van der Waals surface area contributed by atoms with E-state index in [4.69, 9.17) is 5.11 Å². The summed E-state index contributed by atoms with van der Waals surface area (Å²) < 4.78 is 26.6. The molecule has 2 N–H and O–H groups in total. The van der Waals surface area contributed by atoms with Crippen LogP contribution in [0.5, 0.6) is 0 Å². The van der Waals surface area contributed by atoms with E-state index in [9.17, 15) is 13.6 Å². The Morgan fingerprint density at radius 1 is 1.40 bits per heavy atom. The number of carbonyl (C=O) groups is 1. The van der Waals surface area contributed by atoms with E-state index in [0.29, 0.717) is 0 Å². The highest BCUT2D eigenvalue weighted by atomic mass is 79.9. The zero-order chi connectivity index (χ0) is 11.4. The summed E-state index contributed by atoms with van der Waals surface area (Å²) in [5.41, 5.74) is -0.647. The lowest BCUT2D eigenvalue weighted by atomic mass is 10.2. The van der Waals surface area contributed by atoms with Crippen LogP contribution in [0.4, 0.5) is 8.78 Å². The summed E-state index contributed by atoms with van der Waals surface area (Å²) in [6, 6.07) is 1.99. The Kier molecular flexibility index (Phi) is 4.16. The van der Waals surface area contributed by atoms with Gasteiger partial charge in [0.05, 0.1) is 6.61 Å². The molecular weight excluding hydrogens is 272 g/mol. The standard InChI is InChI=1S/C9H8BrF2NO2/c10-5-3-6(11)8(7(12)4-5)9(15)13-1-2-14/h3-4,14H,1-2H2,(H,13,15). The number of carbonyl (C=O) groups excluding carboxylic acids is 1. The molecule has 0 saturated carbocycles. The molecule has 0 heterocycles. The van der Waals surface area contributed by atoms with Crippen LogP contribution in [0.1, 0.15) is 10.4 Å². The molecule has 0 aliphatic carbocycles. The minimum atomic E-state index is -0.947. The molecule has 0 fully saturated rings. The van der Waals surface area contributed by atoms with Crippen LogP contribution in [0, 0.1) is 11.6 Å². The minimum absolute atomic E-state index is 0.0478. The van der Waals surface area contributed by atoms with Gasteiger partial charge in [-0.05, 0) is 12.1 Å². The third kappa shape index (κ3) is 2.97. The molecule has 0 aromatic heterocycles. The average molecular weight is 280 g/mol. The van der Waals surface area contributed by atoms with Crippen LogP contribution in [-0.2, 0) is 0 Å². The normalized spacial score (nSPS) is 10.1. The van der Waals surface area contributed by atoms with E-state index in [2.05, 4.69) is 21.2 Å². The number of hydrogen-bond acceptors (Lipinski definition) is 2. The molecule has 15 heavy (non-hydrogen) atoms. The van der Waals surface area contributed by atoms with Crippen molar-refractivity contribution in [2.45, 2.75) is 0 Å². The first kappa shape index (κ1) is 12.1. The third-order valence-electron chi connectivity index (χ3n) is 1.63. The summed E-state index contributed by atoms with van der Waals surface area (Å²) in [6.45, 7) is -0.334. The van der Waals surface area contributed by atoms with E-state index in [-0.39, 0.29) is 17.6 Å². The molecule has 6 heteroatoms. The van der Waals surface area contributed by atoms with Crippen molar-refractivity contribution in [3.63, 3.8) is 0 Å². The van der Waals surface area contributed by atoms with Crippen molar-refractivity contribution in [1.82, 2.24) is 5.32 Å². The van der Waals surface area contributed by atoms with Crippen LogP contribution < -0.4 is 5.32 Å². The third-order valence-corrected chi connectivity index (χ3v) is 2.09. The first-order valence-electron chi connectivity index (χ1n) is 4.10. The molecule has 0 unspecified atom stereocenters. The Morgan fingerprint density at radius 3 is 2.40 bits per heavy atom. The lowest BCUT2D eigenvalue weighted by Crippen LogP contribution is -2.28. The topological polar surface area (TPSA) is 49.3 Å². The van der Waals surface area contributed by atoms with Gasteiger partial charge in [0.1, 0.15) is 17.2 Å². The molecule has 0 radical (unpaired) electrons. The van der Waals surface area contributed by atoms with Crippen molar-refractivity contribution in [2.75, 3.05) is 13.2 Å². The quantitative estimate of drug-likeness (QED) is 0.880. The summed E-state index contributed by atoms with van der Waals surface area (Å²) in [6.07, 6.45) is 0. The van der Waals surface area contributed by atoms with E-state index < -0.39 is 23.1 Å². The van der Waals surface area contributed by atoms with Crippen molar-refractivity contribution in [3.05, 3.63) is 33.8 Å². The molecule has 1 aromatic rings. The van der Waals surface area contributed by atoms with Crippen LogP contribution in [0.25, 0.3) is 0 Å². The maximum absolute atomic E-state index is 13.2. The summed E-state index contributed by atoms with van der Waals surface area (Å²) in [5.74, 6) is -2.78. The Labute approximate surface area is 93.2 Å². The average Bonchev–Trinajstić information content (AvgIpc) is 2.12. The Hall–Kier alpha value is -1.01. The van der Waals surface area contributed by atoms with E-state index in [1.165, 1.54) is 0 Å². The van der Waals surface area contributed by atoms with Gasteiger partial charge in [0.25, 0.3) is 5.91 Å². The molecule has 0 bridgehead atoms. The zero-order valence-electron chi connectivity index (χ0n) is 7.56. The molecule has 0 atom stereocenters. The molecule has 82 valence electrons. The van der Waals surface area contributed by atoms with Crippen molar-refractivity contribution >= 4 is 21.8 Å². The van der Waals surface area contributed by atoms with E-state index in [0.717, 1.165) is 12.1 Å². The van der Waals surface area contributed by atoms with Crippen LogP contribution in [0.15, 0.2) is 16.6 Å². The largest absolute Gasteiger partial charge is 0.395 e. The second-order valence-electron chi connectivity index (χ2n) is 2.72. The summed E-state index contributed by atoms with van der Waals surface area (Å²) in [7, 11) is 0. The van der Waals surface area contributed by atoms with Crippen LogP contribution in [0.3, 0.4) is 0 Å². The van der Waals surface area contributed by atoms with Gasteiger partial charge < -0.3 is 10.4 Å². The van der Waals surface area contributed by atoms with Gasteiger partial charge in [-0.3, -0.25) is 4.79 Å². The molecule has 0 aliphatic heterocycles. The lowest BCUT2D eigenvalue weighted by Gasteiger charge is -2.06. The predicted molar refractivity (Wildman–Crippen MR) is 53.5 cm³/mol. The molecule has 0 spiro atoms. The first-order valence-corrected chi connectivity index (χ1v) is 4.89. The van der Waals surface area contributed by atoms with Crippen molar-refractivity contribution in [3.8, 4) is 0 Å². The SMILES string of the molecule is O=C(NCCO)c1c(F)cc(Br)cc1F. The zero-order valence-corrected chi connectivity index (χ0v) is 9.14. The minimum Gasteiger partial charge on any atom is -0.395 e. The fourth-order valence-electron chi connectivity index (χ4n) is 1.02. The van der Waals surface area contributed by atoms with Crippen molar-refractivity contribution in [2.24, 2.45) is 0 Å². The van der Waals surface area contributed by atoms with Gasteiger partial charge in [-0.15, -0.1) is 0 Å². The summed E-state index contributed by atoms with van der Waals surface area (Å²) >= 11 is 2.90. The van der Waals surface area contributed by atoms with Crippen LogP contribution in [-0.4, -0.2) is 24.2 Å². The Morgan fingerprint density at radius 2 is 1.93 bits per heavy atom. The van der Waals surface area contributed by atoms with E-state index in [1.807, 2.05) is 0 Å². The van der Waals surface area contributed by atoms with Crippen molar-refractivity contribution in [1.29, 1.82) is 0 Å². The summed E-state index contributed by atoms with van der Waals surface area (Å²) in [4.78, 5) is 11.2. The van der Waals surface area contributed by atoms with Crippen LogP contribution >= 0.6 is 15.9 Å². The maximum atomic E-state index is 13.2. The van der Waals surface area contributed by atoms with Gasteiger partial charge >= 0.3 is 0 Å². The highest BCUT2D eigenvalue weighted by Crippen LogP contribution is 2.19. The lowest BCUT2D eigenvalue weighted by molar-refractivity contribution is 0.0936. The van der Waals surface area contributed by atoms with E-state index in [1.54, 1.807) is 0 Å². The number of amides is 1. The molecule has 3 nitrogen and oxygen atoms in total. The molecule has 0 aliphatic rings. The predicted octanol–water partition coefficient (Wildman–Crippen LogP) is 1.45. The van der Waals surface area contributed by atoms with Gasteiger partial charge in [-0.25, -0.2) is 8.78 Å². The monoisotopic (exact) mass is 279 g/mol. The fraction of sp³-hybridized carbons (Fsp3) is 0.222. The number of benzene rings is 1. The summed E-state index contributed by atoms with van der Waals surface area (Å²) in [5, 5.41) is 10.6. The Balaban J connectivity index is 2.98. The molecule has 0 saturated heterocycles. The van der Waals surface area contributed by atoms with Gasteiger partial charge in [0, 0.05) is 11.0 Å². The number of nitrogens with one attached hydrogen (secondary N) is 1. The molecular formula is C9H8BrF2NO2. The van der Waals surface area contributed by atoms with Crippen LogP contribution in [0.2, 0.25) is 0 Å². The van der Waals surface area contributed by atoms with Gasteiger partial charge in [-0.1, -0.05) is 15.9 Å². The number of aliphatic hydroxyl groups excluding tert-OH is 1. The fourth-order valence-corrected chi connectivity index (χ4v) is 1.42. The molecule has 1 rings (SSSR count). The van der Waals surface area contributed by atoms with Gasteiger partial charge in [0.2, 0.25) is 0 Å². The number of aliphatic hydroxyl groups is 1. The molecule has 1 aromatic carbocycles. The second-order valence-corrected chi connectivity index (χ2v) is 3.64. The maximum Gasteiger partial charge on any atom is 0.257 e. The highest BCUT2D eigenvalue weighted by Gasteiger charge is 2.17. The van der Waals surface area contributed by atoms with Gasteiger partial charge in [-0.2, -0.15) is 0 Å². The number of halogens is 3. The van der Waals surface area contributed by atoms with E-state index >= 15 is 0 Å². The first-order chi connectivity index (χ1) is 7.06. The molecule has 1 amide bonds. The second kappa shape index (κ2) is 5.18. The van der Waals surface area contributed by atoms with Crippen molar-refractivity contribution < 1.29 is 18.7 Å².